The van der Waals surface area contributed by atoms with E-state index in [1.54, 1.807) is 0 Å². The van der Waals surface area contributed by atoms with Crippen LogP contribution in [-0.2, 0) is 24.8 Å². The molecule has 1 aromatic heterocycles. The van der Waals surface area contributed by atoms with E-state index in [1.807, 2.05) is 22.8 Å². The van der Waals surface area contributed by atoms with Gasteiger partial charge in [0.15, 0.2) is 0 Å². The topological polar surface area (TPSA) is 38.1 Å². The van der Waals surface area contributed by atoms with Gasteiger partial charge in [-0.15, -0.1) is 0 Å². The molecule has 2 rings (SSSR count). The van der Waals surface area contributed by atoms with Gasteiger partial charge >= 0.3 is 0 Å². The molecule has 1 aliphatic rings. The Morgan fingerprint density at radius 3 is 2.82 bits per heavy atom. The second kappa shape index (κ2) is 4.17. The van der Waals surface area contributed by atoms with Gasteiger partial charge in [0, 0.05) is 26.4 Å². The lowest BCUT2D eigenvalue weighted by atomic mass is 9.91. The highest BCUT2D eigenvalue weighted by Gasteiger charge is 2.26. The van der Waals surface area contributed by atoms with Crippen molar-refractivity contribution in [2.75, 3.05) is 6.54 Å². The van der Waals surface area contributed by atoms with Gasteiger partial charge in [-0.2, -0.15) is 0 Å². The van der Waals surface area contributed by atoms with Crippen LogP contribution >= 0.6 is 0 Å². The molecular weight excluding hydrogens is 214 g/mol. The van der Waals surface area contributed by atoms with Crippen LogP contribution in [0.4, 0.5) is 0 Å². The Balaban J connectivity index is 2.07. The molecule has 0 radical (unpaired) electrons. The van der Waals surface area contributed by atoms with Crippen molar-refractivity contribution in [2.45, 2.75) is 40.2 Å². The summed E-state index contributed by atoms with van der Waals surface area (Å²) in [4.78, 5) is 18.5. The van der Waals surface area contributed by atoms with E-state index < -0.39 is 0 Å². The van der Waals surface area contributed by atoms with Crippen molar-refractivity contribution in [3.63, 3.8) is 0 Å². The lowest BCUT2D eigenvalue weighted by molar-refractivity contribution is -0.134. The summed E-state index contributed by atoms with van der Waals surface area (Å²) < 4.78 is 2.02. The number of imidazole rings is 1. The predicted molar refractivity (Wildman–Crippen MR) is 66.4 cm³/mol. The highest BCUT2D eigenvalue weighted by atomic mass is 16.2. The molecule has 0 fully saturated rings. The summed E-state index contributed by atoms with van der Waals surface area (Å²) in [6, 6.07) is 0. The lowest BCUT2D eigenvalue weighted by Gasteiger charge is -2.29. The summed E-state index contributed by atoms with van der Waals surface area (Å²) in [6.45, 7) is 7.82. The molecule has 0 unspecified atom stereocenters. The number of aryl methyl sites for hydroxylation is 1. The molecular formula is C13H21N3O. The van der Waals surface area contributed by atoms with Gasteiger partial charge in [0.2, 0.25) is 5.91 Å². The van der Waals surface area contributed by atoms with Crippen molar-refractivity contribution in [3.05, 3.63) is 17.7 Å². The van der Waals surface area contributed by atoms with Crippen LogP contribution in [0.25, 0.3) is 0 Å². The third kappa shape index (κ3) is 2.68. The molecule has 1 aliphatic heterocycles. The summed E-state index contributed by atoms with van der Waals surface area (Å²) in [5.41, 5.74) is 2.38. The van der Waals surface area contributed by atoms with Gasteiger partial charge in [-0.25, -0.2) is 4.98 Å². The van der Waals surface area contributed by atoms with Crippen molar-refractivity contribution in [1.29, 1.82) is 0 Å². The van der Waals surface area contributed by atoms with Crippen LogP contribution in [0.3, 0.4) is 0 Å². The van der Waals surface area contributed by atoms with Crippen LogP contribution in [0.1, 0.15) is 38.6 Å². The molecule has 17 heavy (non-hydrogen) atoms. The zero-order chi connectivity index (χ0) is 12.6. The first-order valence-corrected chi connectivity index (χ1v) is 6.14. The average molecular weight is 235 g/mol. The number of hydrogen-bond donors (Lipinski definition) is 0. The Hall–Kier alpha value is -1.32. The molecule has 0 atom stereocenters. The van der Waals surface area contributed by atoms with Crippen molar-refractivity contribution in [1.82, 2.24) is 14.5 Å². The van der Waals surface area contributed by atoms with Crippen molar-refractivity contribution in [2.24, 2.45) is 12.5 Å². The van der Waals surface area contributed by atoms with E-state index in [4.69, 9.17) is 0 Å². The highest BCUT2D eigenvalue weighted by Crippen LogP contribution is 2.23. The van der Waals surface area contributed by atoms with Gasteiger partial charge in [0.05, 0.1) is 24.3 Å². The highest BCUT2D eigenvalue weighted by molar-refractivity contribution is 5.77. The average Bonchev–Trinajstić information content (AvgIpc) is 2.57. The van der Waals surface area contributed by atoms with E-state index in [1.165, 1.54) is 5.69 Å². The number of hydrogen-bond acceptors (Lipinski definition) is 2. The van der Waals surface area contributed by atoms with Crippen LogP contribution in [0.5, 0.6) is 0 Å². The quantitative estimate of drug-likeness (QED) is 0.743. The summed E-state index contributed by atoms with van der Waals surface area (Å²) in [5, 5.41) is 0. The number of aromatic nitrogens is 2. The van der Waals surface area contributed by atoms with Crippen molar-refractivity contribution in [3.8, 4) is 0 Å². The molecule has 1 aromatic rings. The van der Waals surface area contributed by atoms with Gasteiger partial charge in [-0.05, 0) is 5.41 Å². The van der Waals surface area contributed by atoms with E-state index in [9.17, 15) is 4.79 Å². The fourth-order valence-electron chi connectivity index (χ4n) is 2.19. The molecule has 4 heteroatoms. The number of carbonyl (C=O) groups is 1. The van der Waals surface area contributed by atoms with Gasteiger partial charge < -0.3 is 9.47 Å². The Kier molecular flexibility index (Phi) is 2.98. The Morgan fingerprint density at radius 1 is 1.47 bits per heavy atom. The fourth-order valence-corrected chi connectivity index (χ4v) is 2.19. The van der Waals surface area contributed by atoms with Gasteiger partial charge in [0.25, 0.3) is 0 Å². The summed E-state index contributed by atoms with van der Waals surface area (Å²) in [7, 11) is 1.99. The maximum Gasteiger partial charge on any atom is 0.223 e. The molecule has 0 spiro atoms. The largest absolute Gasteiger partial charge is 0.336 e. The monoisotopic (exact) mass is 235 g/mol. The number of rotatable bonds is 1. The van der Waals surface area contributed by atoms with Gasteiger partial charge in [-0.3, -0.25) is 4.79 Å². The Morgan fingerprint density at radius 2 is 2.18 bits per heavy atom. The molecule has 4 nitrogen and oxygen atoms in total. The third-order valence-corrected chi connectivity index (χ3v) is 3.14. The number of amides is 1. The zero-order valence-electron chi connectivity index (χ0n) is 11.2. The number of nitrogens with zero attached hydrogens (tertiary/aromatic N) is 3. The van der Waals surface area contributed by atoms with E-state index in [0.29, 0.717) is 13.0 Å². The van der Waals surface area contributed by atoms with Crippen molar-refractivity contribution < 1.29 is 4.79 Å². The molecule has 1 amide bonds. The smallest absolute Gasteiger partial charge is 0.223 e. The predicted octanol–water partition coefficient (Wildman–Crippen LogP) is 1.74. The van der Waals surface area contributed by atoms with Crippen LogP contribution in [-0.4, -0.2) is 26.9 Å². The lowest BCUT2D eigenvalue weighted by Crippen LogP contribution is -2.38. The van der Waals surface area contributed by atoms with E-state index in [2.05, 4.69) is 25.8 Å². The first kappa shape index (κ1) is 12.1. The van der Waals surface area contributed by atoms with Gasteiger partial charge in [0.1, 0.15) is 0 Å². The van der Waals surface area contributed by atoms with E-state index in [-0.39, 0.29) is 11.3 Å². The normalized spacial score (nSPS) is 15.9. The van der Waals surface area contributed by atoms with E-state index in [0.717, 1.165) is 18.7 Å². The van der Waals surface area contributed by atoms with Crippen LogP contribution in [0.15, 0.2) is 6.33 Å². The number of carbonyl (C=O) groups excluding carboxylic acids is 1. The van der Waals surface area contributed by atoms with Crippen LogP contribution < -0.4 is 0 Å². The molecule has 2 heterocycles. The van der Waals surface area contributed by atoms with Crippen LogP contribution in [0, 0.1) is 5.41 Å². The summed E-state index contributed by atoms with van der Waals surface area (Å²) >= 11 is 0. The molecule has 0 aromatic carbocycles. The van der Waals surface area contributed by atoms with E-state index >= 15 is 0 Å². The second-order valence-electron chi connectivity index (χ2n) is 6.05. The molecule has 0 bridgehead atoms. The molecule has 94 valence electrons. The zero-order valence-corrected chi connectivity index (χ0v) is 11.2. The molecule has 0 N–H and O–H groups in total. The molecule has 0 aliphatic carbocycles. The SMILES string of the molecule is Cn1cnc2c1CN(C(=O)CC(C)(C)C)CC2. The molecule has 0 saturated heterocycles. The first-order valence-electron chi connectivity index (χ1n) is 6.14. The number of fused-ring (bicyclic) bond motifs is 1. The maximum absolute atomic E-state index is 12.2. The second-order valence-corrected chi connectivity index (χ2v) is 6.05. The third-order valence-electron chi connectivity index (χ3n) is 3.14. The summed E-state index contributed by atoms with van der Waals surface area (Å²) in [5.74, 6) is 0.254. The van der Waals surface area contributed by atoms with Crippen LogP contribution in [0.2, 0.25) is 0 Å². The minimum absolute atomic E-state index is 0.0593. The fraction of sp³-hybridized carbons (Fsp3) is 0.692. The minimum Gasteiger partial charge on any atom is -0.336 e. The molecule has 0 saturated carbocycles. The standard InChI is InChI=1S/C13H21N3O/c1-13(2,3)7-12(17)16-6-5-10-11(8-16)15(4)9-14-10/h9H,5-8H2,1-4H3. The van der Waals surface area contributed by atoms with Crippen molar-refractivity contribution >= 4 is 5.91 Å². The maximum atomic E-state index is 12.2. The van der Waals surface area contributed by atoms with Gasteiger partial charge in [-0.1, -0.05) is 20.8 Å². The minimum atomic E-state index is 0.0593. The summed E-state index contributed by atoms with van der Waals surface area (Å²) in [6.07, 6.45) is 3.33. The first-order chi connectivity index (χ1) is 7.87. The Labute approximate surface area is 103 Å². The Bertz CT molecular complexity index is 428.